The van der Waals surface area contributed by atoms with Gasteiger partial charge in [-0.3, -0.25) is 4.98 Å². The van der Waals surface area contributed by atoms with Gasteiger partial charge in [-0.2, -0.15) is 18.3 Å². The fourth-order valence-corrected chi connectivity index (χ4v) is 3.97. The van der Waals surface area contributed by atoms with E-state index < -0.39 is 11.7 Å². The van der Waals surface area contributed by atoms with Crippen LogP contribution in [0.4, 0.5) is 13.2 Å². The van der Waals surface area contributed by atoms with E-state index >= 15 is 0 Å². The minimum absolute atomic E-state index is 0.0162. The molecule has 0 spiro atoms. The maximum atomic E-state index is 13.4. The molecule has 1 aliphatic heterocycles. The van der Waals surface area contributed by atoms with E-state index in [4.69, 9.17) is 14.6 Å². The third-order valence-electron chi connectivity index (χ3n) is 5.25. The number of hydrogen-bond donors (Lipinski definition) is 0. The summed E-state index contributed by atoms with van der Waals surface area (Å²) in [5, 5.41) is 4.81. The molecule has 0 aliphatic carbocycles. The Kier molecular flexibility index (Phi) is 5.51. The highest BCUT2D eigenvalue weighted by Gasteiger charge is 2.35. The Hall–Kier alpha value is -2.87. The van der Waals surface area contributed by atoms with E-state index in [-0.39, 0.29) is 18.5 Å². The summed E-state index contributed by atoms with van der Waals surface area (Å²) in [6.07, 6.45) is -3.90. The molecule has 0 amide bonds. The standard InChI is InChI=1S/C23H24F3N3O2/c1-5-30-21-11-17(6-7-19(21)23(24,25)26)29-20-10-15(4)31-12-18(20)22(28-29)16-8-13(2)27-14(3)9-16/h6-9,11,15H,5,10,12H2,1-4H3/t15-/m0/s1. The molecule has 164 valence electrons. The van der Waals surface area contributed by atoms with Gasteiger partial charge in [0.05, 0.1) is 42.0 Å². The van der Waals surface area contributed by atoms with Gasteiger partial charge in [-0.05, 0) is 52.0 Å². The van der Waals surface area contributed by atoms with Crippen molar-refractivity contribution < 1.29 is 22.6 Å². The van der Waals surface area contributed by atoms with Crippen LogP contribution in [0.1, 0.15) is 42.1 Å². The summed E-state index contributed by atoms with van der Waals surface area (Å²) in [6, 6.07) is 7.81. The number of alkyl halides is 3. The van der Waals surface area contributed by atoms with Gasteiger partial charge in [0.15, 0.2) is 0 Å². The van der Waals surface area contributed by atoms with Crippen LogP contribution in [0.3, 0.4) is 0 Å². The summed E-state index contributed by atoms with van der Waals surface area (Å²) in [5.74, 6) is -0.200. The zero-order valence-corrected chi connectivity index (χ0v) is 17.9. The van der Waals surface area contributed by atoms with Gasteiger partial charge in [-0.1, -0.05) is 0 Å². The largest absolute Gasteiger partial charge is 0.493 e. The molecule has 0 bridgehead atoms. The van der Waals surface area contributed by atoms with Gasteiger partial charge >= 0.3 is 6.18 Å². The summed E-state index contributed by atoms with van der Waals surface area (Å²) in [4.78, 5) is 4.42. The molecule has 5 nitrogen and oxygen atoms in total. The summed E-state index contributed by atoms with van der Waals surface area (Å²) < 4.78 is 53.1. The van der Waals surface area contributed by atoms with Crippen molar-refractivity contribution in [1.82, 2.24) is 14.8 Å². The van der Waals surface area contributed by atoms with Crippen LogP contribution >= 0.6 is 0 Å². The minimum Gasteiger partial charge on any atom is -0.493 e. The average molecular weight is 431 g/mol. The monoisotopic (exact) mass is 431 g/mol. The lowest BCUT2D eigenvalue weighted by Crippen LogP contribution is -2.21. The molecule has 3 heterocycles. The van der Waals surface area contributed by atoms with Gasteiger partial charge in [0.2, 0.25) is 0 Å². The van der Waals surface area contributed by atoms with E-state index in [9.17, 15) is 13.2 Å². The number of pyridine rings is 1. The van der Waals surface area contributed by atoms with E-state index in [0.29, 0.717) is 18.7 Å². The predicted octanol–water partition coefficient (Wildman–Crippen LogP) is 5.43. The highest BCUT2D eigenvalue weighted by Crippen LogP contribution is 2.39. The Bertz CT molecular complexity index is 1100. The summed E-state index contributed by atoms with van der Waals surface area (Å²) in [6.45, 7) is 8.00. The van der Waals surface area contributed by atoms with E-state index in [2.05, 4.69) is 4.98 Å². The lowest BCUT2D eigenvalue weighted by Gasteiger charge is -2.21. The van der Waals surface area contributed by atoms with Crippen LogP contribution in [0, 0.1) is 13.8 Å². The molecular formula is C23H24F3N3O2. The van der Waals surface area contributed by atoms with Crippen molar-refractivity contribution in [2.75, 3.05) is 6.61 Å². The highest BCUT2D eigenvalue weighted by atomic mass is 19.4. The zero-order chi connectivity index (χ0) is 22.3. The molecule has 0 radical (unpaired) electrons. The lowest BCUT2D eigenvalue weighted by atomic mass is 10.0. The second-order valence-electron chi connectivity index (χ2n) is 7.76. The number of rotatable bonds is 4. The fourth-order valence-electron chi connectivity index (χ4n) is 3.97. The molecule has 4 rings (SSSR count). The molecule has 1 aliphatic rings. The first-order chi connectivity index (χ1) is 14.7. The van der Waals surface area contributed by atoms with Gasteiger partial charge in [-0.25, -0.2) is 4.68 Å². The third kappa shape index (κ3) is 4.17. The van der Waals surface area contributed by atoms with Crippen LogP contribution in [0.25, 0.3) is 16.9 Å². The van der Waals surface area contributed by atoms with Crippen molar-refractivity contribution in [3.8, 4) is 22.7 Å². The number of halogens is 3. The molecule has 0 saturated carbocycles. The van der Waals surface area contributed by atoms with Crippen molar-refractivity contribution in [3.05, 3.63) is 58.5 Å². The van der Waals surface area contributed by atoms with Gasteiger partial charge in [0.25, 0.3) is 0 Å². The Morgan fingerprint density at radius 2 is 1.87 bits per heavy atom. The zero-order valence-electron chi connectivity index (χ0n) is 17.9. The smallest absolute Gasteiger partial charge is 0.419 e. The molecule has 8 heteroatoms. The van der Waals surface area contributed by atoms with E-state index in [0.717, 1.165) is 40.0 Å². The SMILES string of the molecule is CCOc1cc(-n2nc(-c3cc(C)nc(C)c3)c3c2C[C@H](C)OC3)ccc1C(F)(F)F. The van der Waals surface area contributed by atoms with Crippen molar-refractivity contribution in [3.63, 3.8) is 0 Å². The normalized spacial score (nSPS) is 16.3. The van der Waals surface area contributed by atoms with Gasteiger partial charge < -0.3 is 9.47 Å². The highest BCUT2D eigenvalue weighted by molar-refractivity contribution is 5.66. The first-order valence-electron chi connectivity index (χ1n) is 10.2. The Balaban J connectivity index is 1.89. The molecule has 2 aromatic heterocycles. The van der Waals surface area contributed by atoms with Gasteiger partial charge in [0.1, 0.15) is 5.75 Å². The van der Waals surface area contributed by atoms with Crippen LogP contribution < -0.4 is 4.74 Å². The van der Waals surface area contributed by atoms with Crippen molar-refractivity contribution in [1.29, 1.82) is 0 Å². The number of aryl methyl sites for hydroxylation is 2. The van der Waals surface area contributed by atoms with Crippen LogP contribution in [0.5, 0.6) is 5.75 Å². The molecule has 0 N–H and O–H groups in total. The van der Waals surface area contributed by atoms with Crippen molar-refractivity contribution in [2.45, 2.75) is 53.0 Å². The Morgan fingerprint density at radius 3 is 2.52 bits per heavy atom. The van der Waals surface area contributed by atoms with E-state index in [1.54, 1.807) is 11.6 Å². The Labute approximate surface area is 178 Å². The molecule has 0 saturated heterocycles. The summed E-state index contributed by atoms with van der Waals surface area (Å²) >= 11 is 0. The second kappa shape index (κ2) is 8.00. The topological polar surface area (TPSA) is 49.2 Å². The average Bonchev–Trinajstić information content (AvgIpc) is 3.05. The number of ether oxygens (including phenoxy) is 2. The number of nitrogens with zero attached hydrogens (tertiary/aromatic N) is 3. The summed E-state index contributed by atoms with van der Waals surface area (Å²) in [7, 11) is 0. The third-order valence-corrected chi connectivity index (χ3v) is 5.25. The quantitative estimate of drug-likeness (QED) is 0.553. The van der Waals surface area contributed by atoms with Crippen molar-refractivity contribution >= 4 is 0 Å². The van der Waals surface area contributed by atoms with Gasteiger partial charge in [0, 0.05) is 35.0 Å². The number of benzene rings is 1. The lowest BCUT2D eigenvalue weighted by molar-refractivity contribution is -0.138. The number of hydrogen-bond acceptors (Lipinski definition) is 4. The second-order valence-corrected chi connectivity index (χ2v) is 7.76. The summed E-state index contributed by atoms with van der Waals surface area (Å²) in [5.41, 5.74) is 5.02. The fraction of sp³-hybridized carbons (Fsp3) is 0.391. The van der Waals surface area contributed by atoms with E-state index in [1.165, 1.54) is 12.1 Å². The Morgan fingerprint density at radius 1 is 1.16 bits per heavy atom. The molecule has 3 aromatic rings. The first kappa shape index (κ1) is 21.4. The van der Waals surface area contributed by atoms with Crippen LogP contribution in [-0.2, 0) is 23.9 Å². The molecule has 0 unspecified atom stereocenters. The molecule has 0 fully saturated rings. The molecule has 1 atom stereocenters. The molecular weight excluding hydrogens is 407 g/mol. The molecule has 31 heavy (non-hydrogen) atoms. The van der Waals surface area contributed by atoms with Crippen LogP contribution in [-0.4, -0.2) is 27.5 Å². The van der Waals surface area contributed by atoms with Crippen molar-refractivity contribution in [2.24, 2.45) is 0 Å². The van der Waals surface area contributed by atoms with E-state index in [1.807, 2.05) is 32.9 Å². The maximum absolute atomic E-state index is 13.4. The number of aromatic nitrogens is 3. The minimum atomic E-state index is -4.49. The predicted molar refractivity (Wildman–Crippen MR) is 110 cm³/mol. The first-order valence-corrected chi connectivity index (χ1v) is 10.2. The van der Waals surface area contributed by atoms with Crippen LogP contribution in [0.15, 0.2) is 30.3 Å². The van der Waals surface area contributed by atoms with Crippen LogP contribution in [0.2, 0.25) is 0 Å². The van der Waals surface area contributed by atoms with Gasteiger partial charge in [-0.15, -0.1) is 0 Å². The maximum Gasteiger partial charge on any atom is 0.419 e. The number of fused-ring (bicyclic) bond motifs is 1. The molecule has 1 aromatic carbocycles.